The van der Waals surface area contributed by atoms with Crippen LogP contribution >= 0.6 is 23.2 Å². The molecule has 0 N–H and O–H groups in total. The van der Waals surface area contributed by atoms with E-state index in [-0.39, 0.29) is 11.8 Å². The Morgan fingerprint density at radius 2 is 1.74 bits per heavy atom. The zero-order chi connectivity index (χ0) is 14.0. The molecular formula is C13H17Cl2NO2S. The van der Waals surface area contributed by atoms with E-state index >= 15 is 0 Å². The van der Waals surface area contributed by atoms with Crippen molar-refractivity contribution in [3.63, 3.8) is 0 Å². The summed E-state index contributed by atoms with van der Waals surface area (Å²) in [5.41, 5.74) is 0.482. The standard InChI is InChI=1S/C13H17Cl2NO2S/c1-16(10-5-2-3-6-10)19(17,18)9-11-12(14)7-4-8-13(11)15/h4,7-8,10H,2-3,5-6,9H2,1H3. The molecule has 0 spiro atoms. The molecule has 1 aromatic rings. The predicted octanol–water partition coefficient (Wildman–Crippen LogP) is 3.70. The van der Waals surface area contributed by atoms with Gasteiger partial charge in [-0.2, -0.15) is 0 Å². The fraction of sp³-hybridized carbons (Fsp3) is 0.538. The highest BCUT2D eigenvalue weighted by Gasteiger charge is 2.29. The molecule has 1 aliphatic rings. The molecule has 2 rings (SSSR count). The van der Waals surface area contributed by atoms with Gasteiger partial charge in [0.05, 0.1) is 5.75 Å². The lowest BCUT2D eigenvalue weighted by atomic mass is 10.2. The highest BCUT2D eigenvalue weighted by atomic mass is 35.5. The smallest absolute Gasteiger partial charge is 0.212 e. The number of sulfonamides is 1. The molecule has 0 unspecified atom stereocenters. The monoisotopic (exact) mass is 321 g/mol. The summed E-state index contributed by atoms with van der Waals surface area (Å²) in [4.78, 5) is 0. The highest BCUT2D eigenvalue weighted by Crippen LogP contribution is 2.30. The van der Waals surface area contributed by atoms with E-state index in [2.05, 4.69) is 0 Å². The number of rotatable bonds is 4. The Hall–Kier alpha value is -0.290. The average Bonchev–Trinajstić information content (AvgIpc) is 2.86. The fourth-order valence-corrected chi connectivity index (χ4v) is 4.68. The molecule has 106 valence electrons. The van der Waals surface area contributed by atoms with Gasteiger partial charge in [-0.1, -0.05) is 42.1 Å². The Morgan fingerprint density at radius 1 is 1.21 bits per heavy atom. The van der Waals surface area contributed by atoms with Gasteiger partial charge >= 0.3 is 0 Å². The van der Waals surface area contributed by atoms with Gasteiger partial charge in [0.25, 0.3) is 0 Å². The van der Waals surface area contributed by atoms with Gasteiger partial charge in [0.2, 0.25) is 10.0 Å². The van der Waals surface area contributed by atoms with Crippen LogP contribution in [-0.4, -0.2) is 25.8 Å². The molecule has 0 radical (unpaired) electrons. The van der Waals surface area contributed by atoms with Crippen molar-refractivity contribution in [2.75, 3.05) is 7.05 Å². The first-order chi connectivity index (χ1) is 8.92. The molecule has 0 aromatic heterocycles. The van der Waals surface area contributed by atoms with Crippen molar-refractivity contribution in [1.82, 2.24) is 4.31 Å². The molecule has 0 atom stereocenters. The van der Waals surface area contributed by atoms with Gasteiger partial charge in [-0.05, 0) is 25.0 Å². The SMILES string of the molecule is CN(C1CCCC1)S(=O)(=O)Cc1c(Cl)cccc1Cl. The first-order valence-corrected chi connectivity index (χ1v) is 8.67. The van der Waals surface area contributed by atoms with Crippen molar-refractivity contribution in [3.05, 3.63) is 33.8 Å². The number of hydrogen-bond donors (Lipinski definition) is 0. The first kappa shape index (κ1) is 15.1. The van der Waals surface area contributed by atoms with Crippen LogP contribution in [-0.2, 0) is 15.8 Å². The van der Waals surface area contributed by atoms with E-state index in [0.29, 0.717) is 15.6 Å². The summed E-state index contributed by atoms with van der Waals surface area (Å²) in [7, 11) is -1.73. The molecule has 19 heavy (non-hydrogen) atoms. The average molecular weight is 322 g/mol. The highest BCUT2D eigenvalue weighted by molar-refractivity contribution is 7.88. The number of benzene rings is 1. The lowest BCUT2D eigenvalue weighted by Crippen LogP contribution is -2.36. The van der Waals surface area contributed by atoms with E-state index in [4.69, 9.17) is 23.2 Å². The van der Waals surface area contributed by atoms with Crippen LogP contribution in [0.3, 0.4) is 0 Å². The van der Waals surface area contributed by atoms with Crippen molar-refractivity contribution >= 4 is 33.2 Å². The number of halogens is 2. The lowest BCUT2D eigenvalue weighted by Gasteiger charge is -2.24. The molecule has 1 aliphatic carbocycles. The second-order valence-electron chi connectivity index (χ2n) is 4.91. The largest absolute Gasteiger partial charge is 0.218 e. The minimum atomic E-state index is -3.38. The zero-order valence-corrected chi connectivity index (χ0v) is 13.1. The summed E-state index contributed by atoms with van der Waals surface area (Å²) in [6.45, 7) is 0. The molecule has 3 nitrogen and oxygen atoms in total. The van der Waals surface area contributed by atoms with E-state index in [1.165, 1.54) is 4.31 Å². The Morgan fingerprint density at radius 3 is 2.26 bits per heavy atom. The summed E-state index contributed by atoms with van der Waals surface area (Å²) in [5.74, 6) is -0.140. The van der Waals surface area contributed by atoms with Crippen molar-refractivity contribution in [2.45, 2.75) is 37.5 Å². The van der Waals surface area contributed by atoms with Crippen LogP contribution in [0, 0.1) is 0 Å². The summed E-state index contributed by atoms with van der Waals surface area (Å²) in [6.07, 6.45) is 4.06. The Kier molecular flexibility index (Phi) is 4.77. The second-order valence-corrected chi connectivity index (χ2v) is 7.75. The Bertz CT molecular complexity index is 534. The molecule has 0 saturated heterocycles. The maximum atomic E-state index is 12.4. The van der Waals surface area contributed by atoms with Crippen molar-refractivity contribution in [1.29, 1.82) is 0 Å². The molecular weight excluding hydrogens is 305 g/mol. The van der Waals surface area contributed by atoms with Crippen molar-refractivity contribution in [3.8, 4) is 0 Å². The van der Waals surface area contributed by atoms with Gasteiger partial charge < -0.3 is 0 Å². The van der Waals surface area contributed by atoms with E-state index in [1.807, 2.05) is 0 Å². The molecule has 0 heterocycles. The van der Waals surface area contributed by atoms with Crippen LogP contribution < -0.4 is 0 Å². The van der Waals surface area contributed by atoms with Gasteiger partial charge in [0.1, 0.15) is 0 Å². The molecule has 1 fully saturated rings. The summed E-state index contributed by atoms with van der Waals surface area (Å²) < 4.78 is 26.3. The van der Waals surface area contributed by atoms with E-state index in [1.54, 1.807) is 25.2 Å². The van der Waals surface area contributed by atoms with E-state index < -0.39 is 10.0 Å². The first-order valence-electron chi connectivity index (χ1n) is 6.30. The zero-order valence-electron chi connectivity index (χ0n) is 10.8. The van der Waals surface area contributed by atoms with Gasteiger partial charge in [0, 0.05) is 28.7 Å². The molecule has 0 amide bonds. The van der Waals surface area contributed by atoms with Crippen LogP contribution in [0.5, 0.6) is 0 Å². The maximum Gasteiger partial charge on any atom is 0.218 e. The summed E-state index contributed by atoms with van der Waals surface area (Å²) in [6, 6.07) is 5.15. The van der Waals surface area contributed by atoms with Crippen LogP contribution in [0.4, 0.5) is 0 Å². The third-order valence-corrected chi connectivity index (χ3v) is 6.20. The molecule has 0 aliphatic heterocycles. The van der Waals surface area contributed by atoms with Crippen molar-refractivity contribution < 1.29 is 8.42 Å². The third-order valence-electron chi connectivity index (χ3n) is 3.67. The second kappa shape index (κ2) is 6.00. The lowest BCUT2D eigenvalue weighted by molar-refractivity contribution is 0.372. The van der Waals surface area contributed by atoms with Gasteiger partial charge in [-0.3, -0.25) is 0 Å². The normalized spacial score (nSPS) is 17.3. The van der Waals surface area contributed by atoms with Crippen LogP contribution in [0.2, 0.25) is 10.0 Å². The van der Waals surface area contributed by atoms with Gasteiger partial charge in [0.15, 0.2) is 0 Å². The summed E-state index contributed by atoms with van der Waals surface area (Å²) >= 11 is 12.1. The molecule has 1 saturated carbocycles. The van der Waals surface area contributed by atoms with Gasteiger partial charge in [-0.25, -0.2) is 12.7 Å². The Labute approximate surface area is 124 Å². The topological polar surface area (TPSA) is 37.4 Å². The summed E-state index contributed by atoms with van der Waals surface area (Å²) in [5, 5.41) is 0.798. The quantitative estimate of drug-likeness (QED) is 0.848. The molecule has 0 bridgehead atoms. The number of nitrogens with zero attached hydrogens (tertiary/aromatic N) is 1. The number of hydrogen-bond acceptors (Lipinski definition) is 2. The minimum absolute atomic E-state index is 0.117. The molecule has 1 aromatic carbocycles. The van der Waals surface area contributed by atoms with E-state index in [0.717, 1.165) is 25.7 Å². The van der Waals surface area contributed by atoms with E-state index in [9.17, 15) is 8.42 Å². The predicted molar refractivity (Wildman–Crippen MR) is 79.1 cm³/mol. The maximum absolute atomic E-state index is 12.4. The molecule has 6 heteroatoms. The fourth-order valence-electron chi connectivity index (χ4n) is 2.45. The van der Waals surface area contributed by atoms with Crippen molar-refractivity contribution in [2.24, 2.45) is 0 Å². The van der Waals surface area contributed by atoms with Crippen LogP contribution in [0.1, 0.15) is 31.2 Å². The Balaban J connectivity index is 2.21. The van der Waals surface area contributed by atoms with Gasteiger partial charge in [-0.15, -0.1) is 0 Å². The minimum Gasteiger partial charge on any atom is -0.212 e. The van der Waals surface area contributed by atoms with Crippen LogP contribution in [0.15, 0.2) is 18.2 Å². The third kappa shape index (κ3) is 3.43. The van der Waals surface area contributed by atoms with Crippen LogP contribution in [0.25, 0.3) is 0 Å².